The molecule has 0 fully saturated rings. The summed E-state index contributed by atoms with van der Waals surface area (Å²) in [5.41, 5.74) is 11.2. The van der Waals surface area contributed by atoms with Gasteiger partial charge >= 0.3 is 0 Å². The summed E-state index contributed by atoms with van der Waals surface area (Å²) in [4.78, 5) is 9.54. The van der Waals surface area contributed by atoms with Crippen molar-refractivity contribution in [3.8, 4) is 39.5 Å². The SMILES string of the molecule is C[Si](C)(C)c1ccc(-c2ccnc(-c3[c-]ccc4c3oc3ccccc34)c2)cc1.[2H]C(C)(C)c1cccc(C([2H])(C)C)c1-n1c(-c2[c-]cccc2)nc2ccccc21.[Ir]. The number of hydrogen-bond donors (Lipinski definition) is 0. The first-order valence-electron chi connectivity index (χ1n) is 20.2. The Morgan fingerprint density at radius 2 is 1.39 bits per heavy atom. The topological polar surface area (TPSA) is 43.9 Å². The second-order valence-electron chi connectivity index (χ2n) is 15.7. The Labute approximate surface area is 353 Å². The van der Waals surface area contributed by atoms with Crippen molar-refractivity contribution < 1.29 is 27.3 Å². The summed E-state index contributed by atoms with van der Waals surface area (Å²) in [5.74, 6) is -0.895. The van der Waals surface area contributed by atoms with E-state index in [1.54, 1.807) is 0 Å². The normalized spacial score (nSPS) is 12.5. The third-order valence-corrected chi connectivity index (χ3v) is 12.4. The number of rotatable bonds is 7. The molecule has 6 heteroatoms. The summed E-state index contributed by atoms with van der Waals surface area (Å²) in [6.07, 6.45) is 1.87. The molecule has 3 aromatic heterocycles. The largest absolute Gasteiger partial charge is 0.501 e. The monoisotopic (exact) mass is 940 g/mol. The predicted molar refractivity (Wildman–Crippen MR) is 238 cm³/mol. The van der Waals surface area contributed by atoms with Crippen LogP contribution in [0.2, 0.25) is 19.6 Å². The minimum atomic E-state index is -1.30. The zero-order chi connectivity index (χ0) is 40.8. The first-order chi connectivity index (χ1) is 27.7. The molecule has 287 valence electrons. The minimum Gasteiger partial charge on any atom is -0.501 e. The Hall–Kier alpha value is -5.39. The van der Waals surface area contributed by atoms with Gasteiger partial charge in [0.2, 0.25) is 0 Å². The zero-order valence-electron chi connectivity index (χ0n) is 35.4. The fraction of sp³-hybridized carbons (Fsp3) is 0.176. The molecule has 0 N–H and O–H groups in total. The number of para-hydroxylation sites is 4. The molecular weight excluding hydrogens is 891 g/mol. The molecule has 0 amide bonds. The third kappa shape index (κ3) is 7.95. The summed E-state index contributed by atoms with van der Waals surface area (Å²) in [5, 5.41) is 3.69. The predicted octanol–water partition coefficient (Wildman–Crippen LogP) is 13.4. The van der Waals surface area contributed by atoms with Crippen LogP contribution < -0.4 is 5.19 Å². The quantitative estimate of drug-likeness (QED) is 0.118. The van der Waals surface area contributed by atoms with Gasteiger partial charge in [-0.05, 0) is 64.0 Å². The van der Waals surface area contributed by atoms with Crippen molar-refractivity contribution in [1.82, 2.24) is 14.5 Å². The van der Waals surface area contributed by atoms with E-state index in [0.29, 0.717) is 0 Å². The number of benzene rings is 6. The van der Waals surface area contributed by atoms with Crippen LogP contribution in [0.1, 0.15) is 53.4 Å². The Bertz CT molecular complexity index is 2870. The molecule has 9 rings (SSSR count). The van der Waals surface area contributed by atoms with Crippen LogP contribution in [0.25, 0.3) is 72.4 Å². The van der Waals surface area contributed by atoms with Gasteiger partial charge in [-0.2, -0.15) is 0 Å². The smallest absolute Gasteiger partial charge is 0.120 e. The van der Waals surface area contributed by atoms with Crippen LogP contribution in [0, 0.1) is 12.1 Å². The van der Waals surface area contributed by atoms with Gasteiger partial charge in [0.05, 0.1) is 30.5 Å². The van der Waals surface area contributed by atoms with Crippen molar-refractivity contribution in [3.05, 3.63) is 169 Å². The second kappa shape index (κ2) is 16.6. The van der Waals surface area contributed by atoms with Gasteiger partial charge in [0.1, 0.15) is 5.58 Å². The molecule has 0 spiro atoms. The summed E-state index contributed by atoms with van der Waals surface area (Å²) >= 11 is 0. The van der Waals surface area contributed by atoms with Crippen LogP contribution >= 0.6 is 0 Å². The molecule has 0 unspecified atom stereocenters. The van der Waals surface area contributed by atoms with Crippen LogP contribution in [0.5, 0.6) is 0 Å². The van der Waals surface area contributed by atoms with Crippen LogP contribution in [0.3, 0.4) is 0 Å². The number of aromatic nitrogens is 3. The van der Waals surface area contributed by atoms with Crippen molar-refractivity contribution >= 4 is 46.2 Å². The first-order valence-corrected chi connectivity index (χ1v) is 22.7. The van der Waals surface area contributed by atoms with E-state index in [1.807, 2.05) is 125 Å². The molecule has 0 aliphatic carbocycles. The second-order valence-corrected chi connectivity index (χ2v) is 20.8. The van der Waals surface area contributed by atoms with Gasteiger partial charge < -0.3 is 14.0 Å². The number of pyridine rings is 1. The molecule has 0 bridgehead atoms. The van der Waals surface area contributed by atoms with Gasteiger partial charge in [-0.15, -0.1) is 54.1 Å². The van der Waals surface area contributed by atoms with E-state index in [-0.39, 0.29) is 20.1 Å². The molecule has 0 aliphatic heterocycles. The summed E-state index contributed by atoms with van der Waals surface area (Å²) < 4.78 is 25.9. The Balaban J connectivity index is 0.000000176. The number of hydrogen-bond acceptors (Lipinski definition) is 3. The molecular formula is C51H47IrN3OSi-2. The number of fused-ring (bicyclic) bond motifs is 4. The standard InChI is InChI=1S/C26H22NOSi.C25H25N2.Ir/c1-29(2,3)20-13-11-18(12-14-20)19-15-16-27-24(17-19)23-9-6-8-22-21-7-4-5-10-25(21)28-26(22)23;1-17(2)20-13-10-14-21(18(3)4)24(20)27-23-16-9-8-15-22(23)26-25(27)19-11-6-5-7-12-19;/h4-8,10-17H,1-3H3;5-11,13-18H,1-4H3;/q2*-1;/i;17D,18D;. The molecule has 57 heavy (non-hydrogen) atoms. The molecule has 0 atom stereocenters. The van der Waals surface area contributed by atoms with E-state index >= 15 is 0 Å². The van der Waals surface area contributed by atoms with Crippen LogP contribution in [-0.2, 0) is 20.1 Å². The van der Waals surface area contributed by atoms with Gasteiger partial charge in [-0.3, -0.25) is 4.98 Å². The van der Waals surface area contributed by atoms with Gasteiger partial charge in [-0.1, -0.05) is 142 Å². The van der Waals surface area contributed by atoms with Gasteiger partial charge in [0, 0.05) is 40.1 Å². The van der Waals surface area contributed by atoms with E-state index in [9.17, 15) is 0 Å². The van der Waals surface area contributed by atoms with Crippen LogP contribution in [0.4, 0.5) is 0 Å². The maximum absolute atomic E-state index is 8.80. The van der Waals surface area contributed by atoms with E-state index < -0.39 is 19.9 Å². The Morgan fingerprint density at radius 3 is 2.09 bits per heavy atom. The van der Waals surface area contributed by atoms with Gasteiger partial charge in [0.25, 0.3) is 0 Å². The first kappa shape index (κ1) is 37.2. The summed E-state index contributed by atoms with van der Waals surface area (Å²) in [7, 11) is -1.30. The minimum absolute atomic E-state index is 0. The Morgan fingerprint density at radius 1 is 0.684 bits per heavy atom. The average molecular weight is 940 g/mol. The molecule has 0 saturated carbocycles. The molecule has 0 aliphatic rings. The molecule has 6 aromatic carbocycles. The molecule has 0 saturated heterocycles. The van der Waals surface area contributed by atoms with Crippen molar-refractivity contribution in [1.29, 1.82) is 0 Å². The fourth-order valence-corrected chi connectivity index (χ4v) is 8.51. The summed E-state index contributed by atoms with van der Waals surface area (Å²) in [6.45, 7) is 14.7. The number of nitrogens with zero attached hydrogens (tertiary/aromatic N) is 3. The maximum atomic E-state index is 8.80. The van der Waals surface area contributed by atoms with Crippen molar-refractivity contribution in [2.75, 3.05) is 0 Å². The maximum Gasteiger partial charge on any atom is 0.120 e. The van der Waals surface area contributed by atoms with Crippen LogP contribution in [-0.4, -0.2) is 22.6 Å². The average Bonchev–Trinajstić information content (AvgIpc) is 3.79. The van der Waals surface area contributed by atoms with Crippen molar-refractivity contribution in [2.24, 2.45) is 0 Å². The van der Waals surface area contributed by atoms with Crippen LogP contribution in [0.15, 0.2) is 150 Å². The van der Waals surface area contributed by atoms with E-state index in [4.69, 9.17) is 12.1 Å². The van der Waals surface area contributed by atoms with Gasteiger partial charge in [-0.25, -0.2) is 0 Å². The fourth-order valence-electron chi connectivity index (χ4n) is 7.35. The molecule has 3 heterocycles. The summed E-state index contributed by atoms with van der Waals surface area (Å²) in [6, 6.07) is 53.7. The Kier molecular flexibility index (Phi) is 10.8. The third-order valence-electron chi connectivity index (χ3n) is 10.3. The number of imidazole rings is 1. The van der Waals surface area contributed by atoms with E-state index in [2.05, 4.69) is 89.9 Å². The molecule has 9 aromatic rings. The molecule has 4 nitrogen and oxygen atoms in total. The van der Waals surface area contributed by atoms with Crippen molar-refractivity contribution in [3.63, 3.8) is 0 Å². The van der Waals surface area contributed by atoms with Crippen molar-refractivity contribution in [2.45, 2.75) is 59.1 Å². The number of furan rings is 1. The van der Waals surface area contributed by atoms with E-state index in [0.717, 1.165) is 78.0 Å². The zero-order valence-corrected chi connectivity index (χ0v) is 36.8. The molecule has 1 radical (unpaired) electrons. The van der Waals surface area contributed by atoms with E-state index in [1.165, 1.54) is 10.8 Å². The van der Waals surface area contributed by atoms with Gasteiger partial charge in [0.15, 0.2) is 0 Å².